The van der Waals surface area contributed by atoms with Crippen molar-refractivity contribution in [3.63, 3.8) is 0 Å². The molecule has 0 aliphatic rings. The van der Waals surface area contributed by atoms with E-state index < -0.39 is 0 Å². The van der Waals surface area contributed by atoms with E-state index in [1.807, 2.05) is 13.1 Å². The summed E-state index contributed by atoms with van der Waals surface area (Å²) in [6, 6.07) is 13.0. The molecule has 0 spiro atoms. The summed E-state index contributed by atoms with van der Waals surface area (Å²) in [4.78, 5) is 6.48. The van der Waals surface area contributed by atoms with Gasteiger partial charge in [0, 0.05) is 44.3 Å². The van der Waals surface area contributed by atoms with Gasteiger partial charge < -0.3 is 10.2 Å². The Labute approximate surface area is 121 Å². The first-order valence-corrected chi connectivity index (χ1v) is 6.99. The van der Waals surface area contributed by atoms with Crippen molar-refractivity contribution in [3.8, 4) is 0 Å². The average Bonchev–Trinajstić information content (AvgIpc) is 2.46. The van der Waals surface area contributed by atoms with Gasteiger partial charge in [0.1, 0.15) is 0 Å². The Hall–Kier alpha value is -1.87. The zero-order valence-electron chi connectivity index (χ0n) is 12.7. The monoisotopic (exact) mass is 269 g/mol. The molecule has 0 aliphatic carbocycles. The van der Waals surface area contributed by atoms with Crippen molar-refractivity contribution in [1.29, 1.82) is 0 Å². The summed E-state index contributed by atoms with van der Waals surface area (Å²) in [5.74, 6) is 0. The first-order valence-electron chi connectivity index (χ1n) is 6.99. The van der Waals surface area contributed by atoms with Gasteiger partial charge in [0.25, 0.3) is 0 Å². The third-order valence-corrected chi connectivity index (χ3v) is 3.47. The Balaban J connectivity index is 2.05. The standard InChI is InChI=1S/C17H23N3/c1-13-9-10-15(11-18-13)12-19-14(2)16-7-5-6-8-17(16)20(3)4/h5-11,14,19H,12H2,1-4H3/t14-/m1/s1. The minimum Gasteiger partial charge on any atom is -0.377 e. The number of nitrogens with one attached hydrogen (secondary N) is 1. The summed E-state index contributed by atoms with van der Waals surface area (Å²) in [6.45, 7) is 5.04. The summed E-state index contributed by atoms with van der Waals surface area (Å²) in [5, 5.41) is 3.56. The fourth-order valence-corrected chi connectivity index (χ4v) is 2.24. The quantitative estimate of drug-likeness (QED) is 0.902. The van der Waals surface area contributed by atoms with Gasteiger partial charge in [-0.3, -0.25) is 4.98 Å². The van der Waals surface area contributed by atoms with Crippen LogP contribution in [0.25, 0.3) is 0 Å². The summed E-state index contributed by atoms with van der Waals surface area (Å²) < 4.78 is 0. The van der Waals surface area contributed by atoms with Gasteiger partial charge in [0.05, 0.1) is 0 Å². The first kappa shape index (κ1) is 14.5. The Bertz CT molecular complexity index is 546. The fourth-order valence-electron chi connectivity index (χ4n) is 2.24. The van der Waals surface area contributed by atoms with Crippen LogP contribution in [0.5, 0.6) is 0 Å². The van der Waals surface area contributed by atoms with E-state index in [9.17, 15) is 0 Å². The van der Waals surface area contributed by atoms with Crippen LogP contribution >= 0.6 is 0 Å². The van der Waals surface area contributed by atoms with E-state index in [0.717, 1.165) is 12.2 Å². The van der Waals surface area contributed by atoms with Gasteiger partial charge in [-0.15, -0.1) is 0 Å². The highest BCUT2D eigenvalue weighted by molar-refractivity contribution is 5.53. The largest absolute Gasteiger partial charge is 0.377 e. The number of benzene rings is 1. The number of rotatable bonds is 5. The summed E-state index contributed by atoms with van der Waals surface area (Å²) in [5.41, 5.74) is 4.84. The molecule has 2 aromatic rings. The molecule has 0 amide bonds. The summed E-state index contributed by atoms with van der Waals surface area (Å²) in [7, 11) is 4.16. The molecule has 1 aromatic heterocycles. The molecule has 0 aliphatic heterocycles. The Kier molecular flexibility index (Phi) is 4.74. The molecule has 0 radical (unpaired) electrons. The van der Waals surface area contributed by atoms with Gasteiger partial charge in [0.2, 0.25) is 0 Å². The van der Waals surface area contributed by atoms with Crippen molar-refractivity contribution in [2.75, 3.05) is 19.0 Å². The third kappa shape index (κ3) is 3.58. The minimum absolute atomic E-state index is 0.301. The van der Waals surface area contributed by atoms with Crippen molar-refractivity contribution in [2.24, 2.45) is 0 Å². The maximum atomic E-state index is 4.33. The predicted molar refractivity (Wildman–Crippen MR) is 85.0 cm³/mol. The molecule has 0 fully saturated rings. The number of pyridine rings is 1. The number of para-hydroxylation sites is 1. The Morgan fingerprint density at radius 2 is 1.90 bits per heavy atom. The van der Waals surface area contributed by atoms with Crippen molar-refractivity contribution in [2.45, 2.75) is 26.4 Å². The van der Waals surface area contributed by atoms with Crippen LogP contribution in [0.3, 0.4) is 0 Å². The summed E-state index contributed by atoms with van der Waals surface area (Å²) in [6.07, 6.45) is 1.94. The van der Waals surface area contributed by atoms with E-state index in [-0.39, 0.29) is 0 Å². The molecule has 0 saturated carbocycles. The number of hydrogen-bond acceptors (Lipinski definition) is 3. The van der Waals surface area contributed by atoms with Crippen molar-refractivity contribution < 1.29 is 0 Å². The minimum atomic E-state index is 0.301. The highest BCUT2D eigenvalue weighted by atomic mass is 15.1. The van der Waals surface area contributed by atoms with Gasteiger partial charge in [-0.25, -0.2) is 0 Å². The molecule has 1 N–H and O–H groups in total. The third-order valence-electron chi connectivity index (χ3n) is 3.47. The smallest absolute Gasteiger partial charge is 0.0409 e. The second-order valence-electron chi connectivity index (χ2n) is 5.36. The molecule has 3 nitrogen and oxygen atoms in total. The Morgan fingerprint density at radius 1 is 1.15 bits per heavy atom. The number of nitrogens with zero attached hydrogens (tertiary/aromatic N) is 2. The SMILES string of the molecule is Cc1ccc(CN[C@H](C)c2ccccc2N(C)C)cn1. The highest BCUT2D eigenvalue weighted by Gasteiger charge is 2.10. The van der Waals surface area contributed by atoms with Gasteiger partial charge >= 0.3 is 0 Å². The van der Waals surface area contributed by atoms with Gasteiger partial charge in [-0.05, 0) is 37.1 Å². The van der Waals surface area contributed by atoms with Crippen LogP contribution in [-0.4, -0.2) is 19.1 Å². The number of anilines is 1. The van der Waals surface area contributed by atoms with E-state index in [2.05, 4.69) is 72.6 Å². The zero-order valence-corrected chi connectivity index (χ0v) is 12.7. The van der Waals surface area contributed by atoms with E-state index in [4.69, 9.17) is 0 Å². The molecule has 3 heteroatoms. The molecule has 0 unspecified atom stereocenters. The lowest BCUT2D eigenvalue weighted by atomic mass is 10.1. The van der Waals surface area contributed by atoms with Crippen molar-refractivity contribution >= 4 is 5.69 Å². The second-order valence-corrected chi connectivity index (χ2v) is 5.36. The van der Waals surface area contributed by atoms with E-state index in [1.54, 1.807) is 0 Å². The zero-order chi connectivity index (χ0) is 14.5. The Morgan fingerprint density at radius 3 is 2.55 bits per heavy atom. The molecule has 1 atom stereocenters. The van der Waals surface area contributed by atoms with Gasteiger partial charge in [-0.1, -0.05) is 24.3 Å². The average molecular weight is 269 g/mol. The topological polar surface area (TPSA) is 28.2 Å². The number of aromatic nitrogens is 1. The molecule has 2 rings (SSSR count). The van der Waals surface area contributed by atoms with Crippen LogP contribution in [-0.2, 0) is 6.54 Å². The van der Waals surface area contributed by atoms with Crippen LogP contribution < -0.4 is 10.2 Å². The lowest BCUT2D eigenvalue weighted by Crippen LogP contribution is -2.21. The lowest BCUT2D eigenvalue weighted by Gasteiger charge is -2.22. The molecule has 0 bridgehead atoms. The molecule has 0 saturated heterocycles. The van der Waals surface area contributed by atoms with Crippen LogP contribution in [0.15, 0.2) is 42.6 Å². The van der Waals surface area contributed by atoms with Gasteiger partial charge in [-0.2, -0.15) is 0 Å². The molecule has 106 valence electrons. The molecule has 1 heterocycles. The fraction of sp³-hybridized carbons (Fsp3) is 0.353. The second kappa shape index (κ2) is 6.53. The molecular formula is C17H23N3. The van der Waals surface area contributed by atoms with Crippen LogP contribution in [0.1, 0.15) is 29.8 Å². The number of aryl methyl sites for hydroxylation is 1. The van der Waals surface area contributed by atoms with E-state index >= 15 is 0 Å². The molecule has 1 aromatic carbocycles. The maximum Gasteiger partial charge on any atom is 0.0409 e. The summed E-state index contributed by atoms with van der Waals surface area (Å²) >= 11 is 0. The molecular weight excluding hydrogens is 246 g/mol. The number of hydrogen-bond donors (Lipinski definition) is 1. The van der Waals surface area contributed by atoms with E-state index in [1.165, 1.54) is 16.8 Å². The van der Waals surface area contributed by atoms with Crippen molar-refractivity contribution in [3.05, 3.63) is 59.4 Å². The lowest BCUT2D eigenvalue weighted by molar-refractivity contribution is 0.573. The first-order chi connectivity index (χ1) is 9.58. The van der Waals surface area contributed by atoms with E-state index in [0.29, 0.717) is 6.04 Å². The van der Waals surface area contributed by atoms with Crippen molar-refractivity contribution in [1.82, 2.24) is 10.3 Å². The molecule has 20 heavy (non-hydrogen) atoms. The normalized spacial score (nSPS) is 12.2. The van der Waals surface area contributed by atoms with Crippen LogP contribution in [0.2, 0.25) is 0 Å². The van der Waals surface area contributed by atoms with Gasteiger partial charge in [0.15, 0.2) is 0 Å². The van der Waals surface area contributed by atoms with Crippen LogP contribution in [0.4, 0.5) is 5.69 Å². The van der Waals surface area contributed by atoms with Crippen LogP contribution in [0, 0.1) is 6.92 Å². The predicted octanol–water partition coefficient (Wildman–Crippen LogP) is 3.31. The maximum absolute atomic E-state index is 4.33. The highest BCUT2D eigenvalue weighted by Crippen LogP contribution is 2.24.